The third-order valence-corrected chi connectivity index (χ3v) is 12.7. The first kappa shape index (κ1) is 35.0. The average Bonchev–Trinajstić information content (AvgIpc) is 3.52. The minimum Gasteiger partial charge on any atom is -0.490 e. The van der Waals surface area contributed by atoms with E-state index >= 15 is 0 Å². The van der Waals surface area contributed by atoms with Crippen LogP contribution >= 0.6 is 11.6 Å². The number of aliphatic hydroxyl groups excluding tert-OH is 1. The predicted octanol–water partition coefficient (Wildman–Crippen LogP) is 5.81. The number of carbonyl (C=O) groups excluding carboxylic acids is 1. The van der Waals surface area contributed by atoms with E-state index in [2.05, 4.69) is 34.9 Å². The van der Waals surface area contributed by atoms with Gasteiger partial charge in [-0.1, -0.05) is 29.8 Å². The second-order valence-corrected chi connectivity index (χ2v) is 16.1. The lowest BCUT2D eigenvalue weighted by Crippen LogP contribution is -2.50. The summed E-state index contributed by atoms with van der Waals surface area (Å²) in [5.41, 5.74) is 3.13. The SMILES string of the molecule is C=CC[C@H](C)N(C[C@@H]1CCCO1)S(=O)(=O)NC(=O)c1ccc2c(c1)N(C[C@@H]1CC[C@H]1C(O)C=C)C[C@@]1(CCCc3cc(Cl)ccc31)CO2. The van der Waals surface area contributed by atoms with Crippen LogP contribution in [0.3, 0.4) is 0 Å². The number of hydrogen-bond acceptors (Lipinski definition) is 7. The summed E-state index contributed by atoms with van der Waals surface area (Å²) < 4.78 is 43.4. The molecule has 2 heterocycles. The zero-order valence-electron chi connectivity index (χ0n) is 27.8. The molecule has 1 amide bonds. The number of fused-ring (bicyclic) bond motifs is 3. The molecule has 2 aromatic carbocycles. The number of anilines is 1. The number of rotatable bonds is 12. The molecule has 260 valence electrons. The molecule has 6 rings (SSSR count). The first-order valence-electron chi connectivity index (χ1n) is 17.2. The summed E-state index contributed by atoms with van der Waals surface area (Å²) in [6, 6.07) is 10.9. The molecule has 0 radical (unpaired) electrons. The van der Waals surface area contributed by atoms with Gasteiger partial charge in [-0.25, -0.2) is 4.72 Å². The highest BCUT2D eigenvalue weighted by molar-refractivity contribution is 7.87. The van der Waals surface area contributed by atoms with E-state index in [0.717, 1.165) is 55.7 Å². The standard InChI is InChI=1S/C37H48ClN3O6S/c1-4-8-25(3)41(22-30-10-7-18-46-30)48(44,45)39-36(43)27-12-16-35-33(20-27)40(21-28-11-14-31(28)34(42)5-2)23-37(24-47-35)17-6-9-26-19-29(38)13-15-32(26)37/h4-5,12-13,15-16,19-20,25,28,30-31,34,42H,1-2,6-11,14,17-18,21-24H2,3H3,(H,39,43)/t25-,28-,30-,31+,34?,37-/m0/s1. The first-order chi connectivity index (χ1) is 23.0. The Kier molecular flexibility index (Phi) is 10.6. The highest BCUT2D eigenvalue weighted by Gasteiger charge is 2.44. The molecular formula is C37H48ClN3O6S. The van der Waals surface area contributed by atoms with Crippen LogP contribution in [0.1, 0.15) is 73.4 Å². The van der Waals surface area contributed by atoms with Gasteiger partial charge in [0, 0.05) is 48.3 Å². The Bertz CT molecular complexity index is 1630. The second kappa shape index (κ2) is 14.5. The van der Waals surface area contributed by atoms with E-state index in [9.17, 15) is 18.3 Å². The summed E-state index contributed by atoms with van der Waals surface area (Å²) in [6.45, 7) is 11.9. The maximum Gasteiger partial charge on any atom is 0.304 e. The van der Waals surface area contributed by atoms with Gasteiger partial charge in [0.05, 0.1) is 24.5 Å². The first-order valence-corrected chi connectivity index (χ1v) is 19.0. The van der Waals surface area contributed by atoms with Crippen molar-refractivity contribution in [1.82, 2.24) is 9.03 Å². The lowest BCUT2D eigenvalue weighted by molar-refractivity contribution is 0.0460. The minimum absolute atomic E-state index is 0.104. The fourth-order valence-corrected chi connectivity index (χ4v) is 9.67. The van der Waals surface area contributed by atoms with Gasteiger partial charge in [-0.15, -0.1) is 13.2 Å². The molecule has 4 aliphatic rings. The van der Waals surface area contributed by atoms with Crippen molar-refractivity contribution in [3.05, 3.63) is 83.4 Å². The van der Waals surface area contributed by atoms with E-state index in [0.29, 0.717) is 38.5 Å². The average molecular weight is 698 g/mol. The van der Waals surface area contributed by atoms with Gasteiger partial charge in [0.1, 0.15) is 5.75 Å². The van der Waals surface area contributed by atoms with Crippen LogP contribution < -0.4 is 14.4 Å². The number of hydrogen-bond donors (Lipinski definition) is 2. The molecule has 48 heavy (non-hydrogen) atoms. The number of nitrogens with zero attached hydrogens (tertiary/aromatic N) is 2. The minimum atomic E-state index is -4.20. The number of halogens is 1. The molecule has 11 heteroatoms. The van der Waals surface area contributed by atoms with Gasteiger partial charge >= 0.3 is 10.2 Å². The Morgan fingerprint density at radius 3 is 2.75 bits per heavy atom. The van der Waals surface area contributed by atoms with Crippen molar-refractivity contribution in [3.8, 4) is 5.75 Å². The maximum atomic E-state index is 13.7. The van der Waals surface area contributed by atoms with Crippen molar-refractivity contribution in [1.29, 1.82) is 0 Å². The Balaban J connectivity index is 1.31. The van der Waals surface area contributed by atoms with Gasteiger partial charge < -0.3 is 19.5 Å². The number of ether oxygens (including phenoxy) is 2. The highest BCUT2D eigenvalue weighted by atomic mass is 35.5. The van der Waals surface area contributed by atoms with Crippen LogP contribution in [0.25, 0.3) is 0 Å². The van der Waals surface area contributed by atoms with Gasteiger partial charge in [-0.05, 0) is 112 Å². The molecule has 2 aromatic rings. The van der Waals surface area contributed by atoms with Gasteiger partial charge in [-0.3, -0.25) is 4.79 Å². The molecule has 0 aromatic heterocycles. The molecule has 2 N–H and O–H groups in total. The summed E-state index contributed by atoms with van der Waals surface area (Å²) >= 11 is 6.41. The van der Waals surface area contributed by atoms with Crippen molar-refractivity contribution >= 4 is 33.4 Å². The third-order valence-electron chi connectivity index (χ3n) is 10.8. The van der Waals surface area contributed by atoms with Crippen LogP contribution in [0.4, 0.5) is 5.69 Å². The number of carbonyl (C=O) groups is 1. The van der Waals surface area contributed by atoms with Gasteiger partial charge in [0.25, 0.3) is 5.91 Å². The van der Waals surface area contributed by atoms with Gasteiger partial charge in [0.15, 0.2) is 0 Å². The van der Waals surface area contributed by atoms with Crippen LogP contribution in [-0.2, 0) is 26.8 Å². The molecule has 2 aliphatic heterocycles. The quantitative estimate of drug-likeness (QED) is 0.270. The van der Waals surface area contributed by atoms with Crippen LogP contribution in [0.5, 0.6) is 5.75 Å². The van der Waals surface area contributed by atoms with Crippen molar-refractivity contribution in [2.24, 2.45) is 11.8 Å². The fourth-order valence-electron chi connectivity index (χ4n) is 8.08. The normalized spacial score (nSPS) is 26.4. The highest BCUT2D eigenvalue weighted by Crippen LogP contribution is 2.46. The Morgan fingerprint density at radius 1 is 1.21 bits per heavy atom. The summed E-state index contributed by atoms with van der Waals surface area (Å²) in [5, 5.41) is 11.4. The smallest absolute Gasteiger partial charge is 0.304 e. The molecular weight excluding hydrogens is 650 g/mol. The van der Waals surface area contributed by atoms with Gasteiger partial charge in [0.2, 0.25) is 0 Å². The molecule has 1 spiro atoms. The number of benzene rings is 2. The monoisotopic (exact) mass is 697 g/mol. The lowest BCUT2D eigenvalue weighted by atomic mass is 9.68. The fraction of sp³-hybridized carbons (Fsp3) is 0.541. The summed E-state index contributed by atoms with van der Waals surface area (Å²) in [5.74, 6) is 0.269. The zero-order valence-corrected chi connectivity index (χ0v) is 29.4. The molecule has 1 saturated heterocycles. The van der Waals surface area contributed by atoms with Crippen LogP contribution in [0.15, 0.2) is 61.7 Å². The van der Waals surface area contributed by atoms with Crippen LogP contribution in [0, 0.1) is 11.8 Å². The van der Waals surface area contributed by atoms with Crippen molar-refractivity contribution < 1.29 is 27.8 Å². The molecule has 0 bridgehead atoms. The van der Waals surface area contributed by atoms with E-state index in [-0.39, 0.29) is 35.5 Å². The second-order valence-electron chi connectivity index (χ2n) is 14.0. The number of nitrogens with one attached hydrogen (secondary N) is 1. The van der Waals surface area contributed by atoms with Crippen molar-refractivity contribution in [3.63, 3.8) is 0 Å². The predicted molar refractivity (Wildman–Crippen MR) is 189 cm³/mol. The summed E-state index contributed by atoms with van der Waals surface area (Å²) in [7, 11) is -4.20. The molecule has 2 aliphatic carbocycles. The van der Waals surface area contributed by atoms with E-state index < -0.39 is 28.3 Å². The third kappa shape index (κ3) is 7.19. The maximum absolute atomic E-state index is 13.7. The van der Waals surface area contributed by atoms with Gasteiger partial charge in [-0.2, -0.15) is 12.7 Å². The Hall–Kier alpha value is -2.89. The van der Waals surface area contributed by atoms with E-state index in [1.165, 1.54) is 15.4 Å². The number of aliphatic hydroxyl groups is 1. The molecule has 2 fully saturated rings. The van der Waals surface area contributed by atoms with E-state index in [1.807, 2.05) is 13.0 Å². The molecule has 6 atom stereocenters. The lowest BCUT2D eigenvalue weighted by Gasteiger charge is -2.45. The molecule has 1 unspecified atom stereocenters. The molecule has 1 saturated carbocycles. The summed E-state index contributed by atoms with van der Waals surface area (Å²) in [4.78, 5) is 16.0. The molecule has 9 nitrogen and oxygen atoms in total. The van der Waals surface area contributed by atoms with Crippen LogP contribution in [-0.4, -0.2) is 74.8 Å². The largest absolute Gasteiger partial charge is 0.490 e. The van der Waals surface area contributed by atoms with Crippen molar-refractivity contribution in [2.75, 3.05) is 37.7 Å². The Labute approximate surface area is 290 Å². The van der Waals surface area contributed by atoms with E-state index in [4.69, 9.17) is 21.1 Å². The van der Waals surface area contributed by atoms with Crippen molar-refractivity contribution in [2.45, 2.75) is 82.0 Å². The van der Waals surface area contributed by atoms with Crippen LogP contribution in [0.2, 0.25) is 5.02 Å². The number of aryl methyl sites for hydroxylation is 1. The number of amides is 1. The zero-order chi connectivity index (χ0) is 34.1. The topological polar surface area (TPSA) is 108 Å². The van der Waals surface area contributed by atoms with E-state index in [1.54, 1.807) is 30.4 Å². The summed E-state index contributed by atoms with van der Waals surface area (Å²) in [6.07, 6.45) is 9.37. The Morgan fingerprint density at radius 2 is 2.04 bits per heavy atom.